The number of carbonyl (C=O) groups excluding carboxylic acids is 1. The smallest absolute Gasteiger partial charge is 0.231 e. The van der Waals surface area contributed by atoms with Crippen LogP contribution in [0.1, 0.15) is 20.8 Å². The highest BCUT2D eigenvalue weighted by molar-refractivity contribution is 7.80. The second kappa shape index (κ2) is 5.54. The van der Waals surface area contributed by atoms with Gasteiger partial charge >= 0.3 is 0 Å². The van der Waals surface area contributed by atoms with Crippen molar-refractivity contribution in [1.29, 1.82) is 0 Å². The Morgan fingerprint density at radius 2 is 1.95 bits per heavy atom. The number of fused-ring (bicyclic) bond motifs is 1. The molecule has 1 heterocycles. The van der Waals surface area contributed by atoms with Gasteiger partial charge in [0.1, 0.15) is 0 Å². The van der Waals surface area contributed by atoms with E-state index >= 15 is 0 Å². The van der Waals surface area contributed by atoms with E-state index in [2.05, 4.69) is 15.6 Å². The van der Waals surface area contributed by atoms with Crippen molar-refractivity contribution >= 4 is 39.8 Å². The fourth-order valence-corrected chi connectivity index (χ4v) is 1.86. The molecule has 5 heteroatoms. The van der Waals surface area contributed by atoms with Crippen LogP contribution in [0.3, 0.4) is 0 Å². The Bertz CT molecular complexity index is 656. The molecule has 1 aromatic heterocycles. The lowest BCUT2D eigenvalue weighted by atomic mass is 9.96. The number of nitrogens with zero attached hydrogens (tertiary/aromatic N) is 1. The molecule has 4 nitrogen and oxygen atoms in total. The van der Waals surface area contributed by atoms with E-state index in [0.717, 1.165) is 16.6 Å². The molecule has 2 rings (SSSR count). The molecule has 0 unspecified atom stereocenters. The molecule has 0 fully saturated rings. The van der Waals surface area contributed by atoms with Crippen molar-refractivity contribution in [3.63, 3.8) is 0 Å². The topological polar surface area (TPSA) is 54.0 Å². The van der Waals surface area contributed by atoms with Crippen LogP contribution in [0, 0.1) is 5.41 Å². The minimum absolute atomic E-state index is 0.117. The highest BCUT2D eigenvalue weighted by atomic mass is 32.1. The Kier molecular flexibility index (Phi) is 3.99. The Hall–Kier alpha value is -2.01. The second-order valence-corrected chi connectivity index (χ2v) is 5.94. The van der Waals surface area contributed by atoms with Gasteiger partial charge in [0.15, 0.2) is 5.11 Å². The van der Waals surface area contributed by atoms with Crippen molar-refractivity contribution in [3.05, 3.63) is 36.5 Å². The highest BCUT2D eigenvalue weighted by Crippen LogP contribution is 2.21. The SMILES string of the molecule is CC(C)(C)C(=O)NC(=S)Nc1cccc2ncccc12. The normalized spacial score (nSPS) is 11.2. The molecule has 0 saturated carbocycles. The van der Waals surface area contributed by atoms with Crippen LogP contribution in [0.4, 0.5) is 5.69 Å². The maximum absolute atomic E-state index is 11.9. The Labute approximate surface area is 123 Å². The number of amides is 1. The first-order chi connectivity index (χ1) is 9.38. The molecule has 2 N–H and O–H groups in total. The summed E-state index contributed by atoms with van der Waals surface area (Å²) in [5.74, 6) is -0.117. The van der Waals surface area contributed by atoms with Gasteiger partial charge in [0.05, 0.1) is 5.52 Å². The van der Waals surface area contributed by atoms with E-state index in [1.165, 1.54) is 0 Å². The number of aromatic nitrogens is 1. The average molecular weight is 287 g/mol. The summed E-state index contributed by atoms with van der Waals surface area (Å²) in [6.07, 6.45) is 1.74. The van der Waals surface area contributed by atoms with E-state index in [1.54, 1.807) is 6.20 Å². The van der Waals surface area contributed by atoms with Crippen molar-refractivity contribution < 1.29 is 4.79 Å². The van der Waals surface area contributed by atoms with E-state index in [-0.39, 0.29) is 5.91 Å². The van der Waals surface area contributed by atoms with Gasteiger partial charge in [-0.1, -0.05) is 26.8 Å². The van der Waals surface area contributed by atoms with Crippen molar-refractivity contribution in [3.8, 4) is 0 Å². The summed E-state index contributed by atoms with van der Waals surface area (Å²) < 4.78 is 0. The molecule has 104 valence electrons. The number of nitrogens with one attached hydrogen (secondary N) is 2. The quantitative estimate of drug-likeness (QED) is 0.791. The average Bonchev–Trinajstić information content (AvgIpc) is 2.38. The first-order valence-electron chi connectivity index (χ1n) is 6.34. The molecule has 0 bridgehead atoms. The number of hydrogen-bond donors (Lipinski definition) is 2. The standard InChI is InChI=1S/C15H17N3OS/c1-15(2,3)13(19)18-14(20)17-12-8-4-7-11-10(12)6-5-9-16-11/h4-9H,1-3H3,(H2,17,18,19,20). The van der Waals surface area contributed by atoms with Crippen LogP contribution >= 0.6 is 12.2 Å². The lowest BCUT2D eigenvalue weighted by molar-refractivity contribution is -0.126. The van der Waals surface area contributed by atoms with Gasteiger partial charge in [0.2, 0.25) is 5.91 Å². The number of pyridine rings is 1. The summed E-state index contributed by atoms with van der Waals surface area (Å²) >= 11 is 5.18. The Morgan fingerprint density at radius 3 is 2.65 bits per heavy atom. The minimum Gasteiger partial charge on any atom is -0.332 e. The molecule has 2 aromatic rings. The van der Waals surface area contributed by atoms with Gasteiger partial charge in [-0.15, -0.1) is 0 Å². The molecule has 20 heavy (non-hydrogen) atoms. The van der Waals surface area contributed by atoms with Crippen LogP contribution < -0.4 is 10.6 Å². The first kappa shape index (κ1) is 14.4. The zero-order valence-corrected chi connectivity index (χ0v) is 12.5. The van der Waals surface area contributed by atoms with Crippen molar-refractivity contribution in [2.24, 2.45) is 5.41 Å². The lowest BCUT2D eigenvalue weighted by Gasteiger charge is -2.19. The van der Waals surface area contributed by atoms with E-state index < -0.39 is 5.41 Å². The zero-order valence-electron chi connectivity index (χ0n) is 11.7. The van der Waals surface area contributed by atoms with Crippen LogP contribution in [0.15, 0.2) is 36.5 Å². The second-order valence-electron chi connectivity index (χ2n) is 5.53. The molecule has 1 amide bonds. The first-order valence-corrected chi connectivity index (χ1v) is 6.75. The van der Waals surface area contributed by atoms with E-state index in [9.17, 15) is 4.79 Å². The van der Waals surface area contributed by atoms with E-state index in [0.29, 0.717) is 5.11 Å². The fourth-order valence-electron chi connectivity index (χ4n) is 1.66. The summed E-state index contributed by atoms with van der Waals surface area (Å²) in [5, 5.41) is 6.99. The molecule has 0 aliphatic carbocycles. The van der Waals surface area contributed by atoms with Gasteiger partial charge in [-0.25, -0.2) is 0 Å². The van der Waals surface area contributed by atoms with E-state index in [4.69, 9.17) is 12.2 Å². The lowest BCUT2D eigenvalue weighted by Crippen LogP contribution is -2.41. The maximum Gasteiger partial charge on any atom is 0.231 e. The van der Waals surface area contributed by atoms with Gasteiger partial charge < -0.3 is 10.6 Å². The summed E-state index contributed by atoms with van der Waals surface area (Å²) in [7, 11) is 0. The van der Waals surface area contributed by atoms with Gasteiger partial charge in [-0.3, -0.25) is 9.78 Å². The number of carbonyl (C=O) groups is 1. The van der Waals surface area contributed by atoms with Crippen molar-refractivity contribution in [2.45, 2.75) is 20.8 Å². The molecule has 0 spiro atoms. The third-order valence-electron chi connectivity index (χ3n) is 2.80. The largest absolute Gasteiger partial charge is 0.332 e. The molecule has 0 atom stereocenters. The molecule has 0 aliphatic rings. The number of thiocarbonyl (C=S) groups is 1. The van der Waals surface area contributed by atoms with Gasteiger partial charge in [0.25, 0.3) is 0 Å². The van der Waals surface area contributed by atoms with E-state index in [1.807, 2.05) is 51.1 Å². The minimum atomic E-state index is -0.480. The molecular formula is C15H17N3OS. The molecule has 1 aromatic carbocycles. The van der Waals surface area contributed by atoms with Gasteiger partial charge in [0, 0.05) is 22.7 Å². The zero-order chi connectivity index (χ0) is 14.8. The molecule has 0 radical (unpaired) electrons. The maximum atomic E-state index is 11.9. The summed E-state index contributed by atoms with van der Waals surface area (Å²) in [6.45, 7) is 5.52. The van der Waals surface area contributed by atoms with Gasteiger partial charge in [-0.05, 0) is 36.5 Å². The Balaban J connectivity index is 2.17. The van der Waals surface area contributed by atoms with Crippen LogP contribution in [0.5, 0.6) is 0 Å². The fraction of sp³-hybridized carbons (Fsp3) is 0.267. The highest BCUT2D eigenvalue weighted by Gasteiger charge is 2.22. The monoisotopic (exact) mass is 287 g/mol. The van der Waals surface area contributed by atoms with Crippen molar-refractivity contribution in [1.82, 2.24) is 10.3 Å². The van der Waals surface area contributed by atoms with Crippen molar-refractivity contribution in [2.75, 3.05) is 5.32 Å². The van der Waals surface area contributed by atoms with Crippen LogP contribution in [0.2, 0.25) is 0 Å². The summed E-state index contributed by atoms with van der Waals surface area (Å²) in [4.78, 5) is 16.2. The molecular weight excluding hydrogens is 270 g/mol. The summed E-state index contributed by atoms with van der Waals surface area (Å²) in [5.41, 5.74) is 1.23. The van der Waals surface area contributed by atoms with Crippen LogP contribution in [0.25, 0.3) is 10.9 Å². The third kappa shape index (κ3) is 3.30. The van der Waals surface area contributed by atoms with Gasteiger partial charge in [-0.2, -0.15) is 0 Å². The predicted molar refractivity (Wildman–Crippen MR) is 85.6 cm³/mol. The number of benzene rings is 1. The number of rotatable bonds is 1. The summed E-state index contributed by atoms with van der Waals surface area (Å²) in [6, 6.07) is 9.55. The molecule has 0 aliphatic heterocycles. The number of hydrogen-bond acceptors (Lipinski definition) is 3. The molecule has 0 saturated heterocycles. The van der Waals surface area contributed by atoms with Crippen LogP contribution in [-0.2, 0) is 4.79 Å². The predicted octanol–water partition coefficient (Wildman–Crippen LogP) is 3.09. The van der Waals surface area contributed by atoms with Crippen LogP contribution in [-0.4, -0.2) is 16.0 Å². The number of anilines is 1. The Morgan fingerprint density at radius 1 is 1.20 bits per heavy atom. The third-order valence-corrected chi connectivity index (χ3v) is 3.01.